The van der Waals surface area contributed by atoms with E-state index in [0.717, 1.165) is 52.6 Å². The third-order valence-electron chi connectivity index (χ3n) is 6.49. The highest BCUT2D eigenvalue weighted by molar-refractivity contribution is 5.90. The fourth-order valence-corrected chi connectivity index (χ4v) is 4.66. The number of nitrogens with zero attached hydrogens (tertiary/aromatic N) is 2. The molecule has 5 rings (SSSR count). The number of benzene rings is 1. The van der Waals surface area contributed by atoms with Crippen LogP contribution in [0.2, 0.25) is 0 Å². The third-order valence-corrected chi connectivity index (χ3v) is 6.49. The van der Waals surface area contributed by atoms with E-state index in [1.165, 1.54) is 12.8 Å². The van der Waals surface area contributed by atoms with Gasteiger partial charge in [0.25, 0.3) is 0 Å². The Labute approximate surface area is 187 Å². The van der Waals surface area contributed by atoms with Gasteiger partial charge in [0.05, 0.1) is 32.1 Å². The average Bonchev–Trinajstić information content (AvgIpc) is 3.45. The van der Waals surface area contributed by atoms with Crippen LogP contribution in [0.5, 0.6) is 11.5 Å². The first-order valence-electron chi connectivity index (χ1n) is 11.6. The fourth-order valence-electron chi connectivity index (χ4n) is 4.66. The molecule has 7 heteroatoms. The Balaban J connectivity index is 1.61. The number of rotatable bonds is 7. The first-order chi connectivity index (χ1) is 15.5. The predicted molar refractivity (Wildman–Crippen MR) is 121 cm³/mol. The molecule has 0 unspecified atom stereocenters. The maximum Gasteiger partial charge on any atom is 0.343 e. The van der Waals surface area contributed by atoms with Crippen molar-refractivity contribution in [1.82, 2.24) is 4.68 Å². The summed E-state index contributed by atoms with van der Waals surface area (Å²) in [4.78, 5) is 25.3. The van der Waals surface area contributed by atoms with Crippen LogP contribution in [0.1, 0.15) is 61.5 Å². The Hall–Kier alpha value is -2.96. The van der Waals surface area contributed by atoms with E-state index in [1.807, 2.05) is 4.68 Å². The van der Waals surface area contributed by atoms with Crippen molar-refractivity contribution >= 4 is 5.97 Å². The van der Waals surface area contributed by atoms with E-state index >= 15 is 0 Å². The van der Waals surface area contributed by atoms with Crippen molar-refractivity contribution in [3.8, 4) is 22.8 Å². The minimum atomic E-state index is -0.588. The van der Waals surface area contributed by atoms with Gasteiger partial charge in [0.15, 0.2) is 16.9 Å². The molecule has 1 aliphatic carbocycles. The van der Waals surface area contributed by atoms with Crippen LogP contribution < -0.4 is 19.9 Å². The Morgan fingerprint density at radius 2 is 2.09 bits per heavy atom. The lowest BCUT2D eigenvalue weighted by Gasteiger charge is -2.38. The molecule has 3 heterocycles. The molecule has 170 valence electrons. The van der Waals surface area contributed by atoms with Gasteiger partial charge >= 0.3 is 5.97 Å². The van der Waals surface area contributed by atoms with E-state index in [9.17, 15) is 9.59 Å². The second-order valence-corrected chi connectivity index (χ2v) is 9.09. The van der Waals surface area contributed by atoms with E-state index in [1.54, 1.807) is 19.2 Å². The van der Waals surface area contributed by atoms with Gasteiger partial charge in [-0.2, -0.15) is 0 Å². The second-order valence-electron chi connectivity index (χ2n) is 9.09. The Kier molecular flexibility index (Phi) is 5.35. The quantitative estimate of drug-likeness (QED) is 0.615. The number of fused-ring (bicyclic) bond motifs is 5. The van der Waals surface area contributed by atoms with Crippen molar-refractivity contribution in [3.63, 3.8) is 0 Å². The first-order valence-corrected chi connectivity index (χ1v) is 11.6. The van der Waals surface area contributed by atoms with Crippen molar-refractivity contribution in [2.24, 2.45) is 5.92 Å². The van der Waals surface area contributed by atoms with Crippen LogP contribution in [0.3, 0.4) is 0 Å². The zero-order valence-corrected chi connectivity index (χ0v) is 19.0. The van der Waals surface area contributed by atoms with Crippen molar-refractivity contribution in [2.75, 3.05) is 24.8 Å². The van der Waals surface area contributed by atoms with Crippen LogP contribution in [0.25, 0.3) is 11.3 Å². The van der Waals surface area contributed by atoms with Crippen molar-refractivity contribution < 1.29 is 19.0 Å². The van der Waals surface area contributed by atoms with E-state index in [0.29, 0.717) is 19.8 Å². The summed E-state index contributed by atoms with van der Waals surface area (Å²) in [5.74, 6) is 1.83. The Morgan fingerprint density at radius 1 is 1.28 bits per heavy atom. The van der Waals surface area contributed by atoms with Gasteiger partial charge in [-0.15, -0.1) is 0 Å². The lowest BCUT2D eigenvalue weighted by atomic mass is 9.93. The molecule has 0 radical (unpaired) electrons. The number of carbonyl (C=O) groups excluding carboxylic acids is 1. The van der Waals surface area contributed by atoms with Gasteiger partial charge in [-0.1, -0.05) is 12.8 Å². The lowest BCUT2D eigenvalue weighted by Crippen LogP contribution is -2.44. The minimum Gasteiger partial charge on any atom is -0.490 e. The highest BCUT2D eigenvalue weighted by atomic mass is 16.5. The fraction of sp³-hybridized carbons (Fsp3) is 0.520. The van der Waals surface area contributed by atoms with Gasteiger partial charge in [-0.25, -0.2) is 4.79 Å². The smallest absolute Gasteiger partial charge is 0.343 e. The summed E-state index contributed by atoms with van der Waals surface area (Å²) in [6.45, 7) is 8.11. The topological polar surface area (TPSA) is 70.0 Å². The summed E-state index contributed by atoms with van der Waals surface area (Å²) in [6.07, 6.45) is 6.10. The molecule has 1 aromatic heterocycles. The van der Waals surface area contributed by atoms with E-state index < -0.39 is 5.97 Å². The molecule has 0 atom stereocenters. The molecule has 7 nitrogen and oxygen atoms in total. The molecule has 1 aromatic carbocycles. The molecule has 0 bridgehead atoms. The molecule has 0 spiro atoms. The van der Waals surface area contributed by atoms with Gasteiger partial charge in [-0.05, 0) is 44.7 Å². The SMILES string of the molecule is CCOC(=O)c1cn2c(cc1=O)-c1c(cc(OCCC3CC3)c3c1CCO3)CN2C(C)C. The Morgan fingerprint density at radius 3 is 2.81 bits per heavy atom. The van der Waals surface area contributed by atoms with Crippen LogP contribution in [0.15, 0.2) is 23.1 Å². The summed E-state index contributed by atoms with van der Waals surface area (Å²) in [5, 5.41) is 2.15. The summed E-state index contributed by atoms with van der Waals surface area (Å²) >= 11 is 0. The molecule has 32 heavy (non-hydrogen) atoms. The van der Waals surface area contributed by atoms with Crippen molar-refractivity contribution in [3.05, 3.63) is 45.2 Å². The largest absolute Gasteiger partial charge is 0.490 e. The molecule has 0 N–H and O–H groups in total. The normalized spacial score (nSPS) is 16.3. The zero-order chi connectivity index (χ0) is 22.4. The monoisotopic (exact) mass is 438 g/mol. The number of hydrogen-bond acceptors (Lipinski definition) is 6. The summed E-state index contributed by atoms with van der Waals surface area (Å²) in [7, 11) is 0. The highest BCUT2D eigenvalue weighted by Gasteiger charge is 2.33. The van der Waals surface area contributed by atoms with Crippen LogP contribution in [0.4, 0.5) is 0 Å². The number of aromatic nitrogens is 1. The summed E-state index contributed by atoms with van der Waals surface area (Å²) in [6, 6.07) is 3.80. The minimum absolute atomic E-state index is 0.0534. The van der Waals surface area contributed by atoms with Crippen molar-refractivity contribution in [2.45, 2.75) is 59.0 Å². The maximum atomic E-state index is 12.9. The van der Waals surface area contributed by atoms with Crippen LogP contribution >= 0.6 is 0 Å². The van der Waals surface area contributed by atoms with Crippen LogP contribution in [-0.4, -0.2) is 36.5 Å². The molecular weight excluding hydrogens is 408 g/mol. The second kappa shape index (κ2) is 8.19. The van der Waals surface area contributed by atoms with E-state index in [-0.39, 0.29) is 23.6 Å². The number of hydrogen-bond donors (Lipinski definition) is 0. The van der Waals surface area contributed by atoms with Gasteiger partial charge in [0.2, 0.25) is 0 Å². The predicted octanol–water partition coefficient (Wildman–Crippen LogP) is 3.67. The van der Waals surface area contributed by atoms with Gasteiger partial charge in [0.1, 0.15) is 5.56 Å². The molecule has 3 aliphatic rings. The number of esters is 1. The third kappa shape index (κ3) is 3.63. The molecule has 2 aromatic rings. The molecule has 0 saturated heterocycles. The Bertz CT molecular complexity index is 1120. The number of pyridine rings is 1. The lowest BCUT2D eigenvalue weighted by molar-refractivity contribution is 0.0523. The van der Waals surface area contributed by atoms with Crippen LogP contribution in [-0.2, 0) is 17.7 Å². The summed E-state index contributed by atoms with van der Waals surface area (Å²) < 4.78 is 19.2. The molecular formula is C25H30N2O5. The average molecular weight is 439 g/mol. The van der Waals surface area contributed by atoms with E-state index in [2.05, 4.69) is 24.9 Å². The zero-order valence-electron chi connectivity index (χ0n) is 19.0. The van der Waals surface area contributed by atoms with Gasteiger partial charge in [0, 0.05) is 35.9 Å². The molecule has 1 fully saturated rings. The maximum absolute atomic E-state index is 12.9. The summed E-state index contributed by atoms with van der Waals surface area (Å²) in [5.41, 5.74) is 3.74. The van der Waals surface area contributed by atoms with Gasteiger partial charge < -0.3 is 19.2 Å². The molecule has 0 amide bonds. The van der Waals surface area contributed by atoms with Crippen LogP contribution in [0, 0.1) is 5.92 Å². The van der Waals surface area contributed by atoms with Crippen molar-refractivity contribution in [1.29, 1.82) is 0 Å². The molecule has 1 saturated carbocycles. The first kappa shape index (κ1) is 20.9. The van der Waals surface area contributed by atoms with E-state index in [4.69, 9.17) is 14.2 Å². The number of carbonyl (C=O) groups is 1. The molecule has 2 aliphatic heterocycles. The number of ether oxygens (including phenoxy) is 3. The highest BCUT2D eigenvalue weighted by Crippen LogP contribution is 2.46. The van der Waals surface area contributed by atoms with Gasteiger partial charge in [-0.3, -0.25) is 9.47 Å². The standard InChI is InChI=1S/C25H30N2O5/c1-4-30-25(29)19-14-27-20(12-21(19)28)23-17(13-26(27)15(2)3)11-22(24-18(23)8-10-32-24)31-9-7-16-5-6-16/h11-12,14-16H,4-10,13H2,1-3H3.